The molecule has 0 unspecified atom stereocenters. The number of hydrogen-bond donors (Lipinski definition) is 1. The second-order valence-corrected chi connectivity index (χ2v) is 5.40. The molecule has 27 heavy (non-hydrogen) atoms. The lowest BCUT2D eigenvalue weighted by atomic mass is 10.2. The fraction of sp³-hybridized carbons (Fsp3) is 0.0667. The van der Waals surface area contributed by atoms with Crippen molar-refractivity contribution < 1.29 is 28.6 Å². The van der Waals surface area contributed by atoms with Gasteiger partial charge in [0.25, 0.3) is 17.3 Å². The first-order valence-corrected chi connectivity index (χ1v) is 7.41. The fourth-order valence-electron chi connectivity index (χ4n) is 1.95. The Labute approximate surface area is 154 Å². The number of nitrogens with zero attached hydrogens (tertiary/aromatic N) is 2. The minimum Gasteiger partial charge on any atom is -0.452 e. The van der Waals surface area contributed by atoms with E-state index in [1.807, 2.05) is 5.32 Å². The van der Waals surface area contributed by atoms with E-state index in [9.17, 15) is 34.2 Å². The molecule has 0 spiro atoms. The first-order chi connectivity index (χ1) is 12.7. The lowest BCUT2D eigenvalue weighted by molar-refractivity contribution is -0.385. The number of nitrogens with one attached hydrogen (secondary N) is 1. The summed E-state index contributed by atoms with van der Waals surface area (Å²) in [4.78, 5) is 43.7. The summed E-state index contributed by atoms with van der Waals surface area (Å²) in [6, 6.07) is 5.68. The lowest BCUT2D eigenvalue weighted by Crippen LogP contribution is -2.22. The predicted molar refractivity (Wildman–Crippen MR) is 90.1 cm³/mol. The predicted octanol–water partition coefficient (Wildman–Crippen LogP) is 3.09. The Kier molecular flexibility index (Phi) is 5.98. The van der Waals surface area contributed by atoms with Crippen LogP contribution in [0.5, 0.6) is 0 Å². The number of esters is 1. The van der Waals surface area contributed by atoms with Gasteiger partial charge in [-0.15, -0.1) is 0 Å². The van der Waals surface area contributed by atoms with Gasteiger partial charge in [0.1, 0.15) is 11.4 Å². The molecule has 1 amide bonds. The standard InChI is InChI=1S/C15H9ClFN3O7/c16-8-1-4-13(20(25)26)10(5-8)15(22)27-7-14(21)18-12-6-9(19(23)24)2-3-11(12)17/h1-6H,7H2,(H,18,21). The molecule has 0 aliphatic carbocycles. The molecule has 10 nitrogen and oxygen atoms in total. The van der Waals surface area contributed by atoms with Gasteiger partial charge in [-0.1, -0.05) is 11.6 Å². The highest BCUT2D eigenvalue weighted by Crippen LogP contribution is 2.24. The van der Waals surface area contributed by atoms with Crippen LogP contribution in [0.4, 0.5) is 21.5 Å². The summed E-state index contributed by atoms with van der Waals surface area (Å²) in [5.41, 5.74) is -1.99. The average Bonchev–Trinajstić information content (AvgIpc) is 2.61. The number of nitro groups is 2. The molecule has 140 valence electrons. The number of nitro benzene ring substituents is 2. The van der Waals surface area contributed by atoms with E-state index in [2.05, 4.69) is 4.74 Å². The van der Waals surface area contributed by atoms with Gasteiger partial charge in [0, 0.05) is 23.2 Å². The first-order valence-electron chi connectivity index (χ1n) is 7.04. The highest BCUT2D eigenvalue weighted by Gasteiger charge is 2.23. The number of ether oxygens (including phenoxy) is 1. The molecule has 0 aliphatic rings. The van der Waals surface area contributed by atoms with Crippen LogP contribution in [0.1, 0.15) is 10.4 Å². The molecule has 0 saturated heterocycles. The SMILES string of the molecule is O=C(COC(=O)c1cc(Cl)ccc1[N+](=O)[O-])Nc1cc([N+](=O)[O-])ccc1F. The van der Waals surface area contributed by atoms with Gasteiger partial charge in [0.05, 0.1) is 15.5 Å². The van der Waals surface area contributed by atoms with Gasteiger partial charge in [-0.05, 0) is 18.2 Å². The number of benzene rings is 2. The second-order valence-electron chi connectivity index (χ2n) is 4.96. The van der Waals surface area contributed by atoms with Crippen molar-refractivity contribution in [3.63, 3.8) is 0 Å². The summed E-state index contributed by atoms with van der Waals surface area (Å²) in [5.74, 6) is -3.14. The molecule has 0 radical (unpaired) electrons. The third-order valence-corrected chi connectivity index (χ3v) is 3.38. The second kappa shape index (κ2) is 8.19. The van der Waals surface area contributed by atoms with Crippen molar-refractivity contribution in [2.75, 3.05) is 11.9 Å². The van der Waals surface area contributed by atoms with Gasteiger partial charge in [0.15, 0.2) is 6.61 Å². The van der Waals surface area contributed by atoms with Gasteiger partial charge < -0.3 is 10.1 Å². The van der Waals surface area contributed by atoms with Crippen LogP contribution in [0.3, 0.4) is 0 Å². The van der Waals surface area contributed by atoms with Crippen molar-refractivity contribution in [3.05, 3.63) is 73.0 Å². The molecule has 0 bridgehead atoms. The fourth-order valence-corrected chi connectivity index (χ4v) is 2.12. The summed E-state index contributed by atoms with van der Waals surface area (Å²) in [7, 11) is 0. The topological polar surface area (TPSA) is 142 Å². The van der Waals surface area contributed by atoms with E-state index < -0.39 is 56.8 Å². The molecule has 0 heterocycles. The molecule has 1 N–H and O–H groups in total. The number of non-ortho nitro benzene ring substituents is 1. The maximum absolute atomic E-state index is 13.6. The van der Waals surface area contributed by atoms with E-state index in [4.69, 9.17) is 11.6 Å². The summed E-state index contributed by atoms with van der Waals surface area (Å²) < 4.78 is 18.3. The average molecular weight is 398 g/mol. The molecule has 2 aromatic rings. The van der Waals surface area contributed by atoms with Crippen molar-refractivity contribution in [1.29, 1.82) is 0 Å². The lowest BCUT2D eigenvalue weighted by Gasteiger charge is -2.08. The van der Waals surface area contributed by atoms with Crippen molar-refractivity contribution in [2.45, 2.75) is 0 Å². The molecule has 12 heteroatoms. The van der Waals surface area contributed by atoms with Gasteiger partial charge in [-0.25, -0.2) is 9.18 Å². The Morgan fingerprint density at radius 3 is 2.44 bits per heavy atom. The molecule has 0 aliphatic heterocycles. The Morgan fingerprint density at radius 2 is 1.81 bits per heavy atom. The van der Waals surface area contributed by atoms with Crippen molar-refractivity contribution in [3.8, 4) is 0 Å². The molecule has 0 saturated carbocycles. The smallest absolute Gasteiger partial charge is 0.345 e. The summed E-state index contributed by atoms with van der Waals surface area (Å²) in [6.45, 7) is -0.912. The molecule has 0 atom stereocenters. The highest BCUT2D eigenvalue weighted by molar-refractivity contribution is 6.31. The third-order valence-electron chi connectivity index (χ3n) is 3.14. The van der Waals surface area contributed by atoms with Crippen molar-refractivity contribution in [1.82, 2.24) is 0 Å². The van der Waals surface area contributed by atoms with Crippen LogP contribution in [-0.4, -0.2) is 28.3 Å². The van der Waals surface area contributed by atoms with E-state index in [-0.39, 0.29) is 5.02 Å². The number of rotatable bonds is 6. The van der Waals surface area contributed by atoms with Crippen molar-refractivity contribution in [2.24, 2.45) is 0 Å². The Bertz CT molecular complexity index is 951. The summed E-state index contributed by atoms with van der Waals surface area (Å²) in [5, 5.41) is 23.6. The molecular formula is C15H9ClFN3O7. The zero-order chi connectivity index (χ0) is 20.1. The van der Waals surface area contributed by atoms with Crippen LogP contribution in [0, 0.1) is 26.0 Å². The Hall–Kier alpha value is -3.60. The number of amides is 1. The van der Waals surface area contributed by atoms with E-state index in [0.717, 1.165) is 30.3 Å². The molecule has 0 aromatic heterocycles. The molecular weight excluding hydrogens is 389 g/mol. The van der Waals surface area contributed by atoms with Gasteiger partial charge >= 0.3 is 5.97 Å². The minimum absolute atomic E-state index is 0.0377. The van der Waals surface area contributed by atoms with Crippen LogP contribution >= 0.6 is 11.6 Å². The van der Waals surface area contributed by atoms with Gasteiger partial charge in [0.2, 0.25) is 0 Å². The third kappa shape index (κ3) is 4.95. The first kappa shape index (κ1) is 19.7. The maximum atomic E-state index is 13.6. The van der Waals surface area contributed by atoms with Gasteiger partial charge in [-0.2, -0.15) is 0 Å². The van der Waals surface area contributed by atoms with Crippen LogP contribution in [0.15, 0.2) is 36.4 Å². The zero-order valence-corrected chi connectivity index (χ0v) is 13.9. The van der Waals surface area contributed by atoms with E-state index in [0.29, 0.717) is 0 Å². The number of anilines is 1. The number of carbonyl (C=O) groups is 2. The quantitative estimate of drug-likeness (QED) is 0.448. The Morgan fingerprint density at radius 1 is 1.11 bits per heavy atom. The summed E-state index contributed by atoms with van der Waals surface area (Å²) in [6.07, 6.45) is 0. The van der Waals surface area contributed by atoms with Crippen LogP contribution in [0.25, 0.3) is 0 Å². The normalized spacial score (nSPS) is 10.1. The number of carbonyl (C=O) groups excluding carboxylic acids is 2. The molecule has 0 fully saturated rings. The zero-order valence-electron chi connectivity index (χ0n) is 13.2. The molecule has 2 aromatic carbocycles. The minimum atomic E-state index is -1.20. The van der Waals surface area contributed by atoms with E-state index in [1.165, 1.54) is 6.07 Å². The van der Waals surface area contributed by atoms with Gasteiger partial charge in [-0.3, -0.25) is 25.0 Å². The number of hydrogen-bond acceptors (Lipinski definition) is 7. The number of halogens is 2. The Balaban J connectivity index is 2.07. The van der Waals surface area contributed by atoms with Crippen LogP contribution in [0.2, 0.25) is 5.02 Å². The molecule has 2 rings (SSSR count). The van der Waals surface area contributed by atoms with Crippen LogP contribution < -0.4 is 5.32 Å². The van der Waals surface area contributed by atoms with Crippen molar-refractivity contribution >= 4 is 40.5 Å². The maximum Gasteiger partial charge on any atom is 0.345 e. The van der Waals surface area contributed by atoms with E-state index >= 15 is 0 Å². The van der Waals surface area contributed by atoms with E-state index in [1.54, 1.807) is 0 Å². The highest BCUT2D eigenvalue weighted by atomic mass is 35.5. The monoisotopic (exact) mass is 397 g/mol. The summed E-state index contributed by atoms with van der Waals surface area (Å²) >= 11 is 5.69. The van der Waals surface area contributed by atoms with Crippen LogP contribution in [-0.2, 0) is 9.53 Å². The largest absolute Gasteiger partial charge is 0.452 e.